The number of carbonyl (C=O) groups is 1. The van der Waals surface area contributed by atoms with Crippen molar-refractivity contribution in [2.24, 2.45) is 5.41 Å². The first-order valence-electron chi connectivity index (χ1n) is 8.76. The molecule has 122 valence electrons. The van der Waals surface area contributed by atoms with Crippen LogP contribution in [0.25, 0.3) is 0 Å². The fourth-order valence-corrected chi connectivity index (χ4v) is 3.52. The van der Waals surface area contributed by atoms with E-state index >= 15 is 0 Å². The minimum Gasteiger partial charge on any atom is -0.352 e. The number of carbonyl (C=O) groups excluding carboxylic acids is 1. The summed E-state index contributed by atoms with van der Waals surface area (Å²) in [7, 11) is 2.19. The normalized spacial score (nSPS) is 24.5. The predicted octanol–water partition coefficient (Wildman–Crippen LogP) is 2.15. The SMILES string of the molecule is CN1CCC(C)(CNCC(=O)NC2CCCCCC2)CC1. The van der Waals surface area contributed by atoms with Crippen molar-refractivity contribution in [1.29, 1.82) is 0 Å². The molecule has 0 atom stereocenters. The molecular weight excluding hydrogens is 262 g/mol. The molecule has 21 heavy (non-hydrogen) atoms. The van der Waals surface area contributed by atoms with E-state index in [0.717, 1.165) is 19.4 Å². The highest BCUT2D eigenvalue weighted by molar-refractivity contribution is 5.78. The second-order valence-corrected chi connectivity index (χ2v) is 7.47. The zero-order valence-corrected chi connectivity index (χ0v) is 13.9. The summed E-state index contributed by atoms with van der Waals surface area (Å²) in [6.45, 7) is 6.12. The van der Waals surface area contributed by atoms with Crippen molar-refractivity contribution in [2.45, 2.75) is 64.3 Å². The van der Waals surface area contributed by atoms with Crippen LogP contribution in [-0.4, -0.2) is 50.1 Å². The summed E-state index contributed by atoms with van der Waals surface area (Å²) in [6.07, 6.45) is 9.97. The average Bonchev–Trinajstić information content (AvgIpc) is 2.71. The van der Waals surface area contributed by atoms with Gasteiger partial charge in [0.2, 0.25) is 5.91 Å². The Hall–Kier alpha value is -0.610. The molecule has 0 unspecified atom stereocenters. The van der Waals surface area contributed by atoms with Gasteiger partial charge in [-0.1, -0.05) is 32.6 Å². The molecule has 1 aliphatic heterocycles. The minimum atomic E-state index is 0.179. The summed E-state index contributed by atoms with van der Waals surface area (Å²) in [4.78, 5) is 14.4. The van der Waals surface area contributed by atoms with Gasteiger partial charge in [-0.25, -0.2) is 0 Å². The topological polar surface area (TPSA) is 44.4 Å². The maximum Gasteiger partial charge on any atom is 0.234 e. The Labute approximate surface area is 130 Å². The van der Waals surface area contributed by atoms with Crippen molar-refractivity contribution in [3.05, 3.63) is 0 Å². The highest BCUT2D eigenvalue weighted by atomic mass is 16.1. The van der Waals surface area contributed by atoms with Crippen LogP contribution in [0.3, 0.4) is 0 Å². The van der Waals surface area contributed by atoms with Crippen LogP contribution in [-0.2, 0) is 4.79 Å². The molecule has 2 N–H and O–H groups in total. The predicted molar refractivity (Wildman–Crippen MR) is 87.3 cm³/mol. The highest BCUT2D eigenvalue weighted by Gasteiger charge is 2.28. The van der Waals surface area contributed by atoms with Gasteiger partial charge in [0.15, 0.2) is 0 Å². The molecule has 1 saturated heterocycles. The molecular formula is C17H33N3O. The number of amides is 1. The fraction of sp³-hybridized carbons (Fsp3) is 0.941. The van der Waals surface area contributed by atoms with Gasteiger partial charge in [-0.3, -0.25) is 4.79 Å². The monoisotopic (exact) mass is 295 g/mol. The molecule has 4 heteroatoms. The van der Waals surface area contributed by atoms with Crippen molar-refractivity contribution in [2.75, 3.05) is 33.2 Å². The van der Waals surface area contributed by atoms with Gasteiger partial charge in [0.05, 0.1) is 6.54 Å². The van der Waals surface area contributed by atoms with E-state index in [2.05, 4.69) is 29.5 Å². The van der Waals surface area contributed by atoms with E-state index in [1.54, 1.807) is 0 Å². The molecule has 0 aromatic heterocycles. The third-order valence-corrected chi connectivity index (χ3v) is 5.25. The summed E-state index contributed by atoms with van der Waals surface area (Å²) in [6, 6.07) is 0.417. The lowest BCUT2D eigenvalue weighted by molar-refractivity contribution is -0.121. The number of nitrogens with one attached hydrogen (secondary N) is 2. The van der Waals surface area contributed by atoms with Gasteiger partial charge >= 0.3 is 0 Å². The van der Waals surface area contributed by atoms with Gasteiger partial charge < -0.3 is 15.5 Å². The molecule has 0 bridgehead atoms. The van der Waals surface area contributed by atoms with Crippen LogP contribution in [0.1, 0.15) is 58.3 Å². The zero-order chi connectivity index (χ0) is 15.1. The molecule has 1 heterocycles. The molecule has 0 radical (unpaired) electrons. The van der Waals surface area contributed by atoms with Crippen molar-refractivity contribution in [3.8, 4) is 0 Å². The molecule has 2 rings (SSSR count). The summed E-state index contributed by atoms with van der Waals surface area (Å²) >= 11 is 0. The third kappa shape index (κ3) is 5.95. The first kappa shape index (κ1) is 16.8. The molecule has 1 aliphatic carbocycles. The Morgan fingerprint density at radius 1 is 1.14 bits per heavy atom. The van der Waals surface area contributed by atoms with Crippen LogP contribution in [0.4, 0.5) is 0 Å². The van der Waals surface area contributed by atoms with E-state index in [9.17, 15) is 4.79 Å². The first-order valence-corrected chi connectivity index (χ1v) is 8.76. The van der Waals surface area contributed by atoms with E-state index in [0.29, 0.717) is 18.0 Å². The van der Waals surface area contributed by atoms with Crippen LogP contribution in [0.5, 0.6) is 0 Å². The van der Waals surface area contributed by atoms with Crippen LogP contribution >= 0.6 is 0 Å². The number of hydrogen-bond donors (Lipinski definition) is 2. The third-order valence-electron chi connectivity index (χ3n) is 5.25. The number of rotatable bonds is 5. The highest BCUT2D eigenvalue weighted by Crippen LogP contribution is 2.29. The molecule has 1 amide bonds. The first-order chi connectivity index (χ1) is 10.1. The average molecular weight is 295 g/mol. The van der Waals surface area contributed by atoms with Crippen molar-refractivity contribution < 1.29 is 4.79 Å². The van der Waals surface area contributed by atoms with E-state index in [4.69, 9.17) is 0 Å². The van der Waals surface area contributed by atoms with Gasteiger partial charge in [-0.2, -0.15) is 0 Å². The van der Waals surface area contributed by atoms with Gasteiger partial charge in [0.1, 0.15) is 0 Å². The summed E-state index contributed by atoms with van der Waals surface area (Å²) in [5, 5.41) is 6.59. The standard InChI is InChI=1S/C17H33N3O/c1-17(9-11-20(2)12-10-17)14-18-13-16(21)19-15-7-5-3-4-6-8-15/h15,18H,3-14H2,1-2H3,(H,19,21). The molecule has 4 nitrogen and oxygen atoms in total. The fourth-order valence-electron chi connectivity index (χ4n) is 3.52. The Balaban J connectivity index is 1.62. The molecule has 0 aromatic carbocycles. The lowest BCUT2D eigenvalue weighted by atomic mass is 9.80. The largest absolute Gasteiger partial charge is 0.352 e. The Bertz CT molecular complexity index is 316. The van der Waals surface area contributed by atoms with Crippen molar-refractivity contribution >= 4 is 5.91 Å². The van der Waals surface area contributed by atoms with Crippen molar-refractivity contribution in [3.63, 3.8) is 0 Å². The van der Waals surface area contributed by atoms with E-state index in [1.807, 2.05) is 0 Å². The minimum absolute atomic E-state index is 0.179. The van der Waals surface area contributed by atoms with Gasteiger partial charge in [0.25, 0.3) is 0 Å². The molecule has 0 spiro atoms. The van der Waals surface area contributed by atoms with E-state index in [1.165, 1.54) is 51.6 Å². The molecule has 2 aliphatic rings. The molecule has 1 saturated carbocycles. The lowest BCUT2D eigenvalue weighted by Crippen LogP contribution is -2.45. The number of piperidine rings is 1. The quantitative estimate of drug-likeness (QED) is 0.764. The Kier molecular flexibility index (Phi) is 6.49. The zero-order valence-electron chi connectivity index (χ0n) is 13.9. The molecule has 0 aromatic rings. The van der Waals surface area contributed by atoms with E-state index < -0.39 is 0 Å². The lowest BCUT2D eigenvalue weighted by Gasteiger charge is -2.38. The molecule has 2 fully saturated rings. The number of hydrogen-bond acceptors (Lipinski definition) is 3. The number of nitrogens with zero attached hydrogens (tertiary/aromatic N) is 1. The van der Waals surface area contributed by atoms with Crippen LogP contribution in [0, 0.1) is 5.41 Å². The smallest absolute Gasteiger partial charge is 0.234 e. The van der Waals surface area contributed by atoms with Gasteiger partial charge in [-0.05, 0) is 51.2 Å². The maximum atomic E-state index is 12.0. The summed E-state index contributed by atoms with van der Waals surface area (Å²) in [5.41, 5.74) is 0.356. The number of likely N-dealkylation sites (tertiary alicyclic amines) is 1. The second-order valence-electron chi connectivity index (χ2n) is 7.47. The van der Waals surface area contributed by atoms with Crippen LogP contribution < -0.4 is 10.6 Å². The second kappa shape index (κ2) is 8.14. The van der Waals surface area contributed by atoms with Crippen molar-refractivity contribution in [1.82, 2.24) is 15.5 Å². The Morgan fingerprint density at radius 3 is 2.38 bits per heavy atom. The van der Waals surface area contributed by atoms with Gasteiger partial charge in [0, 0.05) is 12.6 Å². The van der Waals surface area contributed by atoms with E-state index in [-0.39, 0.29) is 5.91 Å². The van der Waals surface area contributed by atoms with Gasteiger partial charge in [-0.15, -0.1) is 0 Å². The summed E-state index contributed by atoms with van der Waals surface area (Å²) < 4.78 is 0. The van der Waals surface area contributed by atoms with Crippen LogP contribution in [0.15, 0.2) is 0 Å². The maximum absolute atomic E-state index is 12.0. The Morgan fingerprint density at radius 2 is 1.76 bits per heavy atom. The summed E-state index contributed by atoms with van der Waals surface area (Å²) in [5.74, 6) is 0.179. The van der Waals surface area contributed by atoms with Crippen LogP contribution in [0.2, 0.25) is 0 Å².